The van der Waals surface area contributed by atoms with E-state index in [1.54, 1.807) is 16.8 Å². The molecule has 19 heavy (non-hydrogen) atoms. The second-order valence-corrected chi connectivity index (χ2v) is 4.19. The maximum atomic E-state index is 12.2. The summed E-state index contributed by atoms with van der Waals surface area (Å²) in [4.78, 5) is 19.8. The molecular weight excluding hydrogens is 266 g/mol. The first-order chi connectivity index (χ1) is 9.13. The van der Waals surface area contributed by atoms with Gasteiger partial charge in [-0.1, -0.05) is 6.92 Å². The van der Waals surface area contributed by atoms with Gasteiger partial charge in [0.25, 0.3) is 5.91 Å². The van der Waals surface area contributed by atoms with E-state index in [0.29, 0.717) is 18.1 Å². The van der Waals surface area contributed by atoms with Crippen molar-refractivity contribution in [3.63, 3.8) is 0 Å². The Hall–Kier alpha value is -1.95. The van der Waals surface area contributed by atoms with Crippen LogP contribution >= 0.6 is 11.6 Å². The van der Waals surface area contributed by atoms with Gasteiger partial charge in [0.15, 0.2) is 0 Å². The second-order valence-electron chi connectivity index (χ2n) is 3.86. The van der Waals surface area contributed by atoms with Crippen molar-refractivity contribution in [3.05, 3.63) is 35.0 Å². The molecule has 0 bridgehead atoms. The number of carbonyl (C=O) groups excluding carboxylic acids is 1. The van der Waals surface area contributed by atoms with Crippen LogP contribution in [-0.4, -0.2) is 25.7 Å². The highest BCUT2D eigenvalue weighted by Gasteiger charge is 2.14. The quantitative estimate of drug-likeness (QED) is 0.871. The van der Waals surface area contributed by atoms with E-state index in [4.69, 9.17) is 11.6 Å². The lowest BCUT2D eigenvalue weighted by molar-refractivity contribution is 0.101. The highest BCUT2D eigenvalue weighted by molar-refractivity contribution is 6.28. The molecule has 0 unspecified atom stereocenters. The van der Waals surface area contributed by atoms with Crippen LogP contribution in [0.2, 0.25) is 5.28 Å². The predicted octanol–water partition coefficient (Wildman–Crippen LogP) is 2.16. The number of aromatic nitrogens is 4. The van der Waals surface area contributed by atoms with Gasteiger partial charge in [0.05, 0.1) is 5.69 Å². The van der Waals surface area contributed by atoms with Crippen LogP contribution in [0.25, 0.3) is 0 Å². The van der Waals surface area contributed by atoms with Gasteiger partial charge in [-0.25, -0.2) is 9.97 Å². The molecule has 2 aromatic heterocycles. The maximum Gasteiger partial charge on any atom is 0.275 e. The molecule has 1 amide bonds. The first kappa shape index (κ1) is 13.5. The summed E-state index contributed by atoms with van der Waals surface area (Å²) in [5.41, 5.74) is 1.39. The number of hydrogen-bond acceptors (Lipinski definition) is 4. The average Bonchev–Trinajstić information content (AvgIpc) is 2.82. The summed E-state index contributed by atoms with van der Waals surface area (Å²) in [5.74, 6) is 0.107. The lowest BCUT2D eigenvalue weighted by Gasteiger charge is -2.05. The third kappa shape index (κ3) is 3.08. The van der Waals surface area contributed by atoms with Gasteiger partial charge < -0.3 is 5.32 Å². The molecule has 0 atom stereocenters. The van der Waals surface area contributed by atoms with Crippen molar-refractivity contribution < 1.29 is 4.79 Å². The van der Waals surface area contributed by atoms with Crippen molar-refractivity contribution >= 4 is 23.3 Å². The summed E-state index contributed by atoms with van der Waals surface area (Å²) in [5, 5.41) is 7.09. The largest absolute Gasteiger partial charge is 0.305 e. The summed E-state index contributed by atoms with van der Waals surface area (Å²) in [6, 6.07) is 3.36. The number of amides is 1. The van der Waals surface area contributed by atoms with E-state index >= 15 is 0 Å². The normalized spacial score (nSPS) is 10.5. The third-order valence-corrected chi connectivity index (χ3v) is 2.77. The number of halogens is 1. The molecule has 1 N–H and O–H groups in total. The summed E-state index contributed by atoms with van der Waals surface area (Å²) in [6.45, 7) is 4.56. The van der Waals surface area contributed by atoms with E-state index in [-0.39, 0.29) is 11.2 Å². The number of carbonyl (C=O) groups is 1. The van der Waals surface area contributed by atoms with E-state index in [1.165, 1.54) is 6.20 Å². The Morgan fingerprint density at radius 3 is 2.89 bits per heavy atom. The van der Waals surface area contributed by atoms with Crippen LogP contribution in [0.15, 0.2) is 18.3 Å². The molecule has 0 spiro atoms. The summed E-state index contributed by atoms with van der Waals surface area (Å²) in [7, 11) is 0. The molecule has 0 aliphatic heterocycles. The third-order valence-electron chi connectivity index (χ3n) is 2.59. The van der Waals surface area contributed by atoms with Crippen molar-refractivity contribution in [1.82, 2.24) is 19.7 Å². The van der Waals surface area contributed by atoms with Crippen LogP contribution in [0.5, 0.6) is 0 Å². The molecule has 2 rings (SSSR count). The van der Waals surface area contributed by atoms with Crippen molar-refractivity contribution in [2.24, 2.45) is 0 Å². The highest BCUT2D eigenvalue weighted by atomic mass is 35.5. The van der Waals surface area contributed by atoms with Crippen molar-refractivity contribution in [2.45, 2.75) is 26.8 Å². The molecule has 2 aromatic rings. The molecule has 2 heterocycles. The maximum absolute atomic E-state index is 12.2. The van der Waals surface area contributed by atoms with Gasteiger partial charge in [0, 0.05) is 12.7 Å². The van der Waals surface area contributed by atoms with Gasteiger partial charge in [0.2, 0.25) is 5.28 Å². The number of nitrogens with zero attached hydrogens (tertiary/aromatic N) is 4. The smallest absolute Gasteiger partial charge is 0.275 e. The topological polar surface area (TPSA) is 72.7 Å². The van der Waals surface area contributed by atoms with E-state index in [1.807, 2.05) is 13.8 Å². The molecule has 7 heteroatoms. The molecule has 0 saturated heterocycles. The van der Waals surface area contributed by atoms with Crippen molar-refractivity contribution in [2.75, 3.05) is 5.32 Å². The molecule has 6 nitrogen and oxygen atoms in total. The zero-order chi connectivity index (χ0) is 13.8. The van der Waals surface area contributed by atoms with Gasteiger partial charge in [-0.15, -0.1) is 0 Å². The lowest BCUT2D eigenvalue weighted by Crippen LogP contribution is -2.18. The Balaban J connectivity index is 2.22. The monoisotopic (exact) mass is 279 g/mol. The van der Waals surface area contributed by atoms with Crippen LogP contribution < -0.4 is 5.32 Å². The fourth-order valence-electron chi connectivity index (χ4n) is 1.65. The molecule has 0 aromatic carbocycles. The fourth-order valence-corrected chi connectivity index (χ4v) is 1.80. The van der Waals surface area contributed by atoms with Gasteiger partial charge in [-0.05, 0) is 37.1 Å². The Morgan fingerprint density at radius 2 is 2.26 bits per heavy atom. The zero-order valence-electron chi connectivity index (χ0n) is 10.7. The number of aryl methyl sites for hydroxylation is 2. The van der Waals surface area contributed by atoms with Gasteiger partial charge >= 0.3 is 0 Å². The molecule has 0 fully saturated rings. The Labute approximate surface area is 115 Å². The molecule has 100 valence electrons. The number of nitrogens with one attached hydrogen (secondary N) is 1. The van der Waals surface area contributed by atoms with E-state index in [0.717, 1.165) is 12.1 Å². The zero-order valence-corrected chi connectivity index (χ0v) is 11.5. The van der Waals surface area contributed by atoms with Crippen LogP contribution in [-0.2, 0) is 13.0 Å². The number of anilines is 1. The summed E-state index contributed by atoms with van der Waals surface area (Å²) in [6.07, 6.45) is 2.27. The highest BCUT2D eigenvalue weighted by Crippen LogP contribution is 2.10. The van der Waals surface area contributed by atoms with E-state index in [9.17, 15) is 4.79 Å². The molecule has 0 aliphatic rings. The van der Waals surface area contributed by atoms with Gasteiger partial charge in [-0.2, -0.15) is 5.10 Å². The molecular formula is C12H14ClN5O. The SMILES string of the molecule is CCc1cc(C(=O)Nc2ccnc(Cl)n2)n(CC)n1. The minimum atomic E-state index is -0.260. The first-order valence-electron chi connectivity index (χ1n) is 6.00. The average molecular weight is 280 g/mol. The minimum Gasteiger partial charge on any atom is -0.305 e. The van der Waals surface area contributed by atoms with E-state index in [2.05, 4.69) is 20.4 Å². The predicted molar refractivity (Wildman–Crippen MR) is 72.3 cm³/mol. The number of hydrogen-bond donors (Lipinski definition) is 1. The molecule has 0 radical (unpaired) electrons. The van der Waals surface area contributed by atoms with Crippen LogP contribution in [0.1, 0.15) is 30.0 Å². The second kappa shape index (κ2) is 5.79. The Morgan fingerprint density at radius 1 is 1.47 bits per heavy atom. The van der Waals surface area contributed by atoms with Crippen molar-refractivity contribution in [3.8, 4) is 0 Å². The van der Waals surface area contributed by atoms with Gasteiger partial charge in [0.1, 0.15) is 11.5 Å². The van der Waals surface area contributed by atoms with Crippen LogP contribution in [0.4, 0.5) is 5.82 Å². The first-order valence-corrected chi connectivity index (χ1v) is 6.38. The summed E-state index contributed by atoms with van der Waals surface area (Å²) >= 11 is 5.67. The number of rotatable bonds is 4. The van der Waals surface area contributed by atoms with Crippen LogP contribution in [0.3, 0.4) is 0 Å². The van der Waals surface area contributed by atoms with Gasteiger partial charge in [-0.3, -0.25) is 9.48 Å². The Kier molecular flexibility index (Phi) is 4.11. The molecule has 0 saturated carbocycles. The Bertz CT molecular complexity index is 596. The minimum absolute atomic E-state index is 0.0936. The standard InChI is InChI=1S/C12H14ClN5O/c1-3-8-7-9(18(4-2)17-8)11(19)15-10-5-6-14-12(13)16-10/h5-7H,3-4H2,1-2H3,(H,14,15,16,19). The summed E-state index contributed by atoms with van der Waals surface area (Å²) < 4.78 is 1.66. The fraction of sp³-hybridized carbons (Fsp3) is 0.333. The van der Waals surface area contributed by atoms with E-state index < -0.39 is 0 Å². The van der Waals surface area contributed by atoms with Crippen molar-refractivity contribution in [1.29, 1.82) is 0 Å². The lowest BCUT2D eigenvalue weighted by atomic mass is 10.3. The molecule has 0 aliphatic carbocycles. The van der Waals surface area contributed by atoms with Crippen LogP contribution in [0, 0.1) is 0 Å².